The third kappa shape index (κ3) is 7.66. The molecule has 0 saturated heterocycles. The van der Waals surface area contributed by atoms with Gasteiger partial charge in [0.1, 0.15) is 5.58 Å². The number of para-hydroxylation sites is 1. The summed E-state index contributed by atoms with van der Waals surface area (Å²) in [6, 6.07) is 54.5. The second-order valence-corrected chi connectivity index (χ2v) is 29.1. The number of hydrogen-bond donors (Lipinski definition) is 0. The highest BCUT2D eigenvalue weighted by molar-refractivity contribution is 7.26. The largest absolute Gasteiger partial charge is 0.454 e. The van der Waals surface area contributed by atoms with Crippen molar-refractivity contribution in [2.45, 2.75) is 145 Å². The van der Waals surface area contributed by atoms with Gasteiger partial charge in [0, 0.05) is 60.4 Å². The molecule has 4 nitrogen and oxygen atoms in total. The van der Waals surface area contributed by atoms with Crippen molar-refractivity contribution < 1.29 is 4.42 Å². The second kappa shape index (κ2) is 16.8. The van der Waals surface area contributed by atoms with Gasteiger partial charge in [-0.2, -0.15) is 0 Å². The number of anilines is 6. The van der Waals surface area contributed by atoms with Gasteiger partial charge in [0.2, 0.25) is 0 Å². The van der Waals surface area contributed by atoms with Crippen LogP contribution in [0.25, 0.3) is 58.8 Å². The van der Waals surface area contributed by atoms with Gasteiger partial charge in [0.25, 0.3) is 6.71 Å². The monoisotopic (exact) mass is 1040 g/mol. The van der Waals surface area contributed by atoms with Gasteiger partial charge in [0.05, 0.1) is 21.4 Å². The zero-order valence-corrected chi connectivity index (χ0v) is 49.8. The quantitative estimate of drug-likeness (QED) is 0.164. The number of furan rings is 1. The third-order valence-electron chi connectivity index (χ3n) is 17.4. The van der Waals surface area contributed by atoms with Gasteiger partial charge in [-0.25, -0.2) is 0 Å². The van der Waals surface area contributed by atoms with E-state index in [1.807, 2.05) is 11.3 Å². The minimum Gasteiger partial charge on any atom is -0.454 e. The van der Waals surface area contributed by atoms with Gasteiger partial charge in [-0.15, -0.1) is 11.3 Å². The van der Waals surface area contributed by atoms with E-state index >= 15 is 0 Å². The van der Waals surface area contributed by atoms with Crippen molar-refractivity contribution in [3.05, 3.63) is 178 Å². The average molecular weight is 1040 g/mol. The molecule has 0 amide bonds. The van der Waals surface area contributed by atoms with E-state index in [-0.39, 0.29) is 33.8 Å². The minimum absolute atomic E-state index is 0.00659. The van der Waals surface area contributed by atoms with Crippen LogP contribution in [0.5, 0.6) is 0 Å². The van der Waals surface area contributed by atoms with Crippen LogP contribution in [0.1, 0.15) is 143 Å². The lowest BCUT2D eigenvalue weighted by molar-refractivity contribution is 0.587. The smallest absolute Gasteiger partial charge is 0.252 e. The third-order valence-corrected chi connectivity index (χ3v) is 18.6. The van der Waals surface area contributed by atoms with E-state index in [4.69, 9.17) is 4.42 Å². The van der Waals surface area contributed by atoms with E-state index in [2.05, 4.69) is 272 Å². The van der Waals surface area contributed by atoms with Crippen LogP contribution in [0.2, 0.25) is 0 Å². The summed E-state index contributed by atoms with van der Waals surface area (Å²) in [5, 5.41) is 4.90. The van der Waals surface area contributed by atoms with E-state index < -0.39 is 0 Å². The normalized spacial score (nSPS) is 13.9. The Morgan fingerprint density at radius 2 is 1.01 bits per heavy atom. The molecule has 11 aromatic rings. The van der Waals surface area contributed by atoms with Crippen LogP contribution in [0.4, 0.5) is 34.1 Å². The molecular formula is C72H74BN3OS. The van der Waals surface area contributed by atoms with Gasteiger partial charge in [-0.3, -0.25) is 0 Å². The van der Waals surface area contributed by atoms with Gasteiger partial charge in [-0.1, -0.05) is 183 Å². The molecule has 0 fully saturated rings. The zero-order valence-electron chi connectivity index (χ0n) is 49.0. The molecule has 0 unspecified atom stereocenters. The average Bonchev–Trinajstić information content (AvgIpc) is 2.47. The molecule has 5 heterocycles. The molecule has 13 rings (SSSR count). The number of aromatic nitrogens is 1. The maximum absolute atomic E-state index is 7.31. The molecule has 78 heavy (non-hydrogen) atoms. The summed E-state index contributed by atoms with van der Waals surface area (Å²) in [5.41, 5.74) is 25.3. The molecular weight excluding hydrogens is 966 g/mol. The Morgan fingerprint density at radius 1 is 0.436 bits per heavy atom. The Hall–Kier alpha value is -7.02. The first-order valence-corrected chi connectivity index (χ1v) is 29.1. The number of fused-ring (bicyclic) bond motifs is 12. The van der Waals surface area contributed by atoms with Crippen LogP contribution in [-0.4, -0.2) is 11.3 Å². The molecule has 0 N–H and O–H groups in total. The van der Waals surface area contributed by atoms with Gasteiger partial charge in [0.15, 0.2) is 5.58 Å². The molecule has 3 aromatic heterocycles. The fourth-order valence-electron chi connectivity index (χ4n) is 12.8. The van der Waals surface area contributed by atoms with Crippen molar-refractivity contribution >= 4 is 122 Å². The molecule has 8 aromatic carbocycles. The molecule has 0 bridgehead atoms. The number of hydrogen-bond acceptors (Lipinski definition) is 4. The highest BCUT2D eigenvalue weighted by Crippen LogP contribution is 2.51. The van der Waals surface area contributed by atoms with Crippen molar-refractivity contribution in [3.8, 4) is 5.69 Å². The van der Waals surface area contributed by atoms with Gasteiger partial charge >= 0.3 is 0 Å². The summed E-state index contributed by atoms with van der Waals surface area (Å²) in [7, 11) is 0. The zero-order chi connectivity index (χ0) is 55.1. The lowest BCUT2D eigenvalue weighted by Gasteiger charge is -2.42. The first-order chi connectivity index (χ1) is 36.7. The number of nitrogens with zero attached hydrogens (tertiary/aromatic N) is 3. The van der Waals surface area contributed by atoms with E-state index in [0.717, 1.165) is 39.0 Å². The fraction of sp³-hybridized carbons (Fsp3) is 0.306. The standard InChI is InChI=1S/C72H74BN3OS/c1-41-33-43(68(3,4)5)26-31-55(41)74(56-32-27-44(34-42(56)2)69(6,7)8)48-28-30-53-58(40-48)75(57-23-20-22-50-49-29-25-45(70(9,10)11)39-61(49)77-66(50)57)59-37-47(72(15,16)17)38-60-63(59)73(53)54-36-46(71(12,13)14)35-52-64(54)76(60)65-51-21-18-19-24-62(51)78-67(52)65/h18-40H,1-17H3. The molecule has 2 aliphatic heterocycles. The summed E-state index contributed by atoms with van der Waals surface area (Å²) in [5.74, 6) is 0. The topological polar surface area (TPSA) is 24.6 Å². The predicted molar refractivity (Wildman–Crippen MR) is 340 cm³/mol. The van der Waals surface area contributed by atoms with Crippen molar-refractivity contribution in [2.24, 2.45) is 0 Å². The summed E-state index contributed by atoms with van der Waals surface area (Å²) in [4.78, 5) is 5.14. The summed E-state index contributed by atoms with van der Waals surface area (Å²) < 4.78 is 12.7. The highest BCUT2D eigenvalue weighted by Gasteiger charge is 2.45. The maximum Gasteiger partial charge on any atom is 0.252 e. The van der Waals surface area contributed by atoms with E-state index in [9.17, 15) is 0 Å². The summed E-state index contributed by atoms with van der Waals surface area (Å²) in [6.07, 6.45) is 0. The Bertz CT molecular complexity index is 4270. The SMILES string of the molecule is Cc1cc(C(C)(C)C)ccc1N(c1ccc2c(c1)N(c1cccc3c1oc1cc(C(C)(C)C)ccc13)c1cc(C(C)(C)C)cc3c1B2c1cc(C(C)(C)C)cc2c4sc5ccccc5c4n-3c12)c1ccc(C(C)(C)C)cc1C. The Labute approximate surface area is 466 Å². The molecule has 2 aliphatic rings. The first-order valence-electron chi connectivity index (χ1n) is 28.3. The Kier molecular flexibility index (Phi) is 10.8. The van der Waals surface area contributed by atoms with Crippen LogP contribution >= 0.6 is 11.3 Å². The predicted octanol–water partition coefficient (Wildman–Crippen LogP) is 19.1. The molecule has 392 valence electrons. The number of benzene rings is 8. The van der Waals surface area contributed by atoms with E-state index in [0.29, 0.717) is 0 Å². The van der Waals surface area contributed by atoms with Crippen molar-refractivity contribution in [2.75, 3.05) is 9.80 Å². The molecule has 0 atom stereocenters. The van der Waals surface area contributed by atoms with Crippen LogP contribution in [-0.2, 0) is 27.1 Å². The number of aryl methyl sites for hydroxylation is 2. The number of rotatable bonds is 4. The van der Waals surface area contributed by atoms with Crippen LogP contribution in [0, 0.1) is 13.8 Å². The van der Waals surface area contributed by atoms with Crippen molar-refractivity contribution in [3.63, 3.8) is 0 Å². The van der Waals surface area contributed by atoms with Crippen LogP contribution in [0.15, 0.2) is 144 Å². The summed E-state index contributed by atoms with van der Waals surface area (Å²) in [6.45, 7) is 39.5. The van der Waals surface area contributed by atoms with Gasteiger partial charge < -0.3 is 18.8 Å². The first kappa shape index (κ1) is 50.5. The number of thiophene rings is 1. The Balaban J connectivity index is 1.18. The molecule has 0 aliphatic carbocycles. The van der Waals surface area contributed by atoms with E-state index in [1.54, 1.807) is 0 Å². The van der Waals surface area contributed by atoms with Crippen molar-refractivity contribution in [1.29, 1.82) is 0 Å². The van der Waals surface area contributed by atoms with Gasteiger partial charge in [-0.05, 0) is 157 Å². The second-order valence-electron chi connectivity index (χ2n) is 28.1. The molecule has 0 radical (unpaired) electrons. The van der Waals surface area contributed by atoms with E-state index in [1.165, 1.54) is 109 Å². The van der Waals surface area contributed by atoms with Crippen molar-refractivity contribution in [1.82, 2.24) is 4.57 Å². The fourth-order valence-corrected chi connectivity index (χ4v) is 14.0. The van der Waals surface area contributed by atoms with Crippen LogP contribution < -0.4 is 26.2 Å². The highest BCUT2D eigenvalue weighted by atomic mass is 32.1. The Morgan fingerprint density at radius 3 is 1.64 bits per heavy atom. The molecule has 0 saturated carbocycles. The molecule has 6 heteroatoms. The lowest BCUT2D eigenvalue weighted by Crippen LogP contribution is -2.60. The molecule has 0 spiro atoms. The maximum atomic E-state index is 7.31. The minimum atomic E-state index is -0.174. The lowest BCUT2D eigenvalue weighted by atomic mass is 9.33. The summed E-state index contributed by atoms with van der Waals surface area (Å²) >= 11 is 1.94. The van der Waals surface area contributed by atoms with Crippen LogP contribution in [0.3, 0.4) is 0 Å².